The van der Waals surface area contributed by atoms with E-state index in [2.05, 4.69) is 0 Å². The Hall–Kier alpha value is -0.120. The third-order valence-electron chi connectivity index (χ3n) is 2.12. The van der Waals surface area contributed by atoms with Gasteiger partial charge in [0.1, 0.15) is 0 Å². The molecule has 3 heteroatoms. The molecule has 0 aromatic carbocycles. The van der Waals surface area contributed by atoms with Gasteiger partial charge in [-0.1, -0.05) is 0 Å². The Kier molecular flexibility index (Phi) is 0.822. The SMILES string of the molecule is NC12COCC(O)(C1)C2. The predicted molar refractivity (Wildman–Crippen MR) is 31.9 cm³/mol. The zero-order chi connectivity index (χ0) is 6.54. The summed E-state index contributed by atoms with van der Waals surface area (Å²) >= 11 is 0. The number of nitrogens with two attached hydrogens (primary N) is 1. The smallest absolute Gasteiger partial charge is 0.0916 e. The van der Waals surface area contributed by atoms with Gasteiger partial charge >= 0.3 is 0 Å². The Morgan fingerprint density at radius 1 is 1.33 bits per heavy atom. The van der Waals surface area contributed by atoms with Crippen molar-refractivity contribution in [1.82, 2.24) is 0 Å². The average molecular weight is 129 g/mol. The zero-order valence-electron chi connectivity index (χ0n) is 5.26. The van der Waals surface area contributed by atoms with Crippen LogP contribution in [0.1, 0.15) is 12.8 Å². The van der Waals surface area contributed by atoms with E-state index in [9.17, 15) is 5.11 Å². The first-order chi connectivity index (χ1) is 4.12. The largest absolute Gasteiger partial charge is 0.387 e. The van der Waals surface area contributed by atoms with E-state index in [4.69, 9.17) is 10.5 Å². The van der Waals surface area contributed by atoms with Crippen LogP contribution in [-0.4, -0.2) is 29.5 Å². The minimum absolute atomic E-state index is 0.188. The van der Waals surface area contributed by atoms with Gasteiger partial charge in [-0.25, -0.2) is 0 Å². The highest BCUT2D eigenvalue weighted by atomic mass is 16.5. The lowest BCUT2D eigenvalue weighted by molar-refractivity contribution is -0.198. The highest BCUT2D eigenvalue weighted by molar-refractivity contribution is 5.11. The lowest BCUT2D eigenvalue weighted by Gasteiger charge is -2.55. The fraction of sp³-hybridized carbons (Fsp3) is 1.00. The van der Waals surface area contributed by atoms with Gasteiger partial charge in [-0.2, -0.15) is 0 Å². The monoisotopic (exact) mass is 129 g/mol. The summed E-state index contributed by atoms with van der Waals surface area (Å²) in [7, 11) is 0. The van der Waals surface area contributed by atoms with Crippen LogP contribution < -0.4 is 5.73 Å². The maximum Gasteiger partial charge on any atom is 0.0916 e. The molecule has 0 atom stereocenters. The second kappa shape index (κ2) is 1.31. The Morgan fingerprint density at radius 2 is 2.00 bits per heavy atom. The van der Waals surface area contributed by atoms with Crippen LogP contribution in [0.15, 0.2) is 0 Å². The van der Waals surface area contributed by atoms with Crippen LogP contribution >= 0.6 is 0 Å². The molecule has 1 saturated carbocycles. The summed E-state index contributed by atoms with van der Waals surface area (Å²) in [6.45, 7) is 1.10. The first-order valence-electron chi connectivity index (χ1n) is 3.21. The van der Waals surface area contributed by atoms with Gasteiger partial charge in [0.2, 0.25) is 0 Å². The highest BCUT2D eigenvalue weighted by Gasteiger charge is 2.55. The summed E-state index contributed by atoms with van der Waals surface area (Å²) in [6, 6.07) is 0. The van der Waals surface area contributed by atoms with Gasteiger partial charge in [-0.05, 0) is 12.8 Å². The van der Waals surface area contributed by atoms with Gasteiger partial charge in [0.15, 0.2) is 0 Å². The van der Waals surface area contributed by atoms with Crippen molar-refractivity contribution in [3.63, 3.8) is 0 Å². The first-order valence-corrected chi connectivity index (χ1v) is 3.21. The van der Waals surface area contributed by atoms with Crippen LogP contribution in [0.5, 0.6) is 0 Å². The van der Waals surface area contributed by atoms with Crippen molar-refractivity contribution in [3.8, 4) is 0 Å². The molecule has 3 aliphatic rings. The molecule has 1 aliphatic carbocycles. The molecule has 2 saturated heterocycles. The van der Waals surface area contributed by atoms with Gasteiger partial charge in [-0.3, -0.25) is 0 Å². The van der Waals surface area contributed by atoms with Crippen molar-refractivity contribution in [3.05, 3.63) is 0 Å². The molecule has 0 amide bonds. The van der Waals surface area contributed by atoms with E-state index in [1.165, 1.54) is 0 Å². The van der Waals surface area contributed by atoms with E-state index in [1.807, 2.05) is 0 Å². The summed E-state index contributed by atoms with van der Waals surface area (Å²) in [6.07, 6.45) is 1.44. The summed E-state index contributed by atoms with van der Waals surface area (Å²) in [5.74, 6) is 0. The van der Waals surface area contributed by atoms with Gasteiger partial charge in [0.25, 0.3) is 0 Å². The molecule has 3 N–H and O–H groups in total. The topological polar surface area (TPSA) is 55.5 Å². The average Bonchev–Trinajstić information content (AvgIpc) is 1.59. The summed E-state index contributed by atoms with van der Waals surface area (Å²) in [5, 5.41) is 9.40. The number of hydrogen-bond acceptors (Lipinski definition) is 3. The summed E-state index contributed by atoms with van der Waals surface area (Å²) < 4.78 is 5.06. The number of ether oxygens (including phenoxy) is 1. The lowest BCUT2D eigenvalue weighted by Crippen LogP contribution is -2.70. The van der Waals surface area contributed by atoms with E-state index >= 15 is 0 Å². The minimum atomic E-state index is -0.562. The Balaban J connectivity index is 2.12. The maximum absolute atomic E-state index is 9.40. The number of rotatable bonds is 0. The van der Waals surface area contributed by atoms with Crippen molar-refractivity contribution in [1.29, 1.82) is 0 Å². The quantitative estimate of drug-likeness (QED) is 0.452. The van der Waals surface area contributed by atoms with Crippen molar-refractivity contribution in [2.75, 3.05) is 13.2 Å². The molecule has 0 unspecified atom stereocenters. The fourth-order valence-electron chi connectivity index (χ4n) is 1.91. The third-order valence-corrected chi connectivity index (χ3v) is 2.12. The first kappa shape index (κ1) is 5.65. The normalized spacial score (nSPS) is 56.7. The molecular formula is C6H11NO2. The van der Waals surface area contributed by atoms with Crippen molar-refractivity contribution in [2.45, 2.75) is 24.0 Å². The number of aliphatic hydroxyl groups is 1. The molecule has 52 valence electrons. The Bertz CT molecular complexity index is 126. The highest BCUT2D eigenvalue weighted by Crippen LogP contribution is 2.43. The molecular weight excluding hydrogens is 118 g/mol. The molecule has 3 nitrogen and oxygen atoms in total. The van der Waals surface area contributed by atoms with E-state index in [-0.39, 0.29) is 5.54 Å². The molecule has 3 fully saturated rings. The van der Waals surface area contributed by atoms with Crippen molar-refractivity contribution < 1.29 is 9.84 Å². The van der Waals surface area contributed by atoms with Gasteiger partial charge in [0.05, 0.1) is 18.8 Å². The van der Waals surface area contributed by atoms with Crippen LogP contribution in [0.3, 0.4) is 0 Å². The van der Waals surface area contributed by atoms with Crippen LogP contribution in [0, 0.1) is 0 Å². The third kappa shape index (κ3) is 0.689. The second-order valence-corrected chi connectivity index (χ2v) is 3.43. The number of hydrogen-bond donors (Lipinski definition) is 2. The number of fused-ring (bicyclic) bond motifs is 2. The molecule has 3 rings (SSSR count). The predicted octanol–water partition coefficient (Wildman–Crippen LogP) is -0.761. The van der Waals surface area contributed by atoms with Gasteiger partial charge in [0, 0.05) is 5.54 Å². The minimum Gasteiger partial charge on any atom is -0.387 e. The van der Waals surface area contributed by atoms with E-state index in [1.54, 1.807) is 0 Å². The van der Waals surface area contributed by atoms with Crippen LogP contribution in [0.2, 0.25) is 0 Å². The van der Waals surface area contributed by atoms with Crippen molar-refractivity contribution >= 4 is 0 Å². The van der Waals surface area contributed by atoms with Crippen LogP contribution in [0.4, 0.5) is 0 Å². The lowest BCUT2D eigenvalue weighted by atomic mass is 9.64. The Labute approximate surface area is 53.8 Å². The molecule has 0 aromatic heterocycles. The molecule has 0 spiro atoms. The maximum atomic E-state index is 9.40. The zero-order valence-corrected chi connectivity index (χ0v) is 5.26. The van der Waals surface area contributed by atoms with Crippen LogP contribution in [0.25, 0.3) is 0 Å². The Morgan fingerprint density at radius 3 is 2.33 bits per heavy atom. The standard InChI is InChI=1S/C6H11NO2/c7-5-1-6(8,2-5)4-9-3-5/h8H,1-4,7H2. The van der Waals surface area contributed by atoms with E-state index in [0.29, 0.717) is 13.2 Å². The van der Waals surface area contributed by atoms with Gasteiger partial charge in [-0.15, -0.1) is 0 Å². The van der Waals surface area contributed by atoms with E-state index in [0.717, 1.165) is 12.8 Å². The molecule has 2 heterocycles. The molecule has 0 radical (unpaired) electrons. The molecule has 9 heavy (non-hydrogen) atoms. The van der Waals surface area contributed by atoms with Crippen molar-refractivity contribution in [2.24, 2.45) is 5.73 Å². The molecule has 2 aliphatic heterocycles. The summed E-state index contributed by atoms with van der Waals surface area (Å²) in [4.78, 5) is 0. The molecule has 0 aromatic rings. The fourth-order valence-corrected chi connectivity index (χ4v) is 1.91. The second-order valence-electron chi connectivity index (χ2n) is 3.43. The molecule has 2 bridgehead atoms. The van der Waals surface area contributed by atoms with Gasteiger partial charge < -0.3 is 15.6 Å². The van der Waals surface area contributed by atoms with E-state index < -0.39 is 5.60 Å². The summed E-state index contributed by atoms with van der Waals surface area (Å²) in [5.41, 5.74) is 4.99. The van der Waals surface area contributed by atoms with Crippen LogP contribution in [-0.2, 0) is 4.74 Å².